The third-order valence-electron chi connectivity index (χ3n) is 4.53. The molecule has 140 valence electrons. The van der Waals surface area contributed by atoms with Crippen molar-refractivity contribution in [1.82, 2.24) is 14.8 Å². The maximum absolute atomic E-state index is 12.3. The third kappa shape index (κ3) is 5.20. The minimum atomic E-state index is 0.0217. The molecule has 3 rings (SSSR count). The van der Waals surface area contributed by atoms with Gasteiger partial charge >= 0.3 is 0 Å². The van der Waals surface area contributed by atoms with Crippen molar-refractivity contribution in [2.24, 2.45) is 7.05 Å². The van der Waals surface area contributed by atoms with E-state index in [1.54, 1.807) is 18.0 Å². The fourth-order valence-electron chi connectivity index (χ4n) is 2.93. The normalized spacial score (nSPS) is 10.8. The lowest BCUT2D eigenvalue weighted by molar-refractivity contribution is -0.116. The van der Waals surface area contributed by atoms with E-state index in [0.29, 0.717) is 12.8 Å². The van der Waals surface area contributed by atoms with Crippen molar-refractivity contribution in [2.75, 3.05) is 5.32 Å². The van der Waals surface area contributed by atoms with Crippen LogP contribution in [0.2, 0.25) is 0 Å². The molecule has 2 heterocycles. The van der Waals surface area contributed by atoms with Crippen LogP contribution in [0, 0.1) is 13.8 Å². The second-order valence-electron chi connectivity index (χ2n) is 6.50. The average molecular weight is 381 g/mol. The molecule has 1 aromatic carbocycles. The molecule has 0 aliphatic rings. The van der Waals surface area contributed by atoms with Gasteiger partial charge in [0.05, 0.1) is 5.69 Å². The SMILES string of the molecule is Cc1nn(C)c(C)c1CCC(=O)Nc1ccc(SCc2cccnc2)cc1. The molecule has 0 fully saturated rings. The number of anilines is 1. The van der Waals surface area contributed by atoms with Gasteiger partial charge in [0.15, 0.2) is 0 Å². The molecular formula is C21H24N4OS. The van der Waals surface area contributed by atoms with E-state index in [9.17, 15) is 4.79 Å². The Labute approximate surface area is 164 Å². The fraction of sp³-hybridized carbons (Fsp3) is 0.286. The Kier molecular flexibility index (Phi) is 6.29. The summed E-state index contributed by atoms with van der Waals surface area (Å²) in [6, 6.07) is 12.0. The van der Waals surface area contributed by atoms with Crippen LogP contribution in [0.5, 0.6) is 0 Å². The van der Waals surface area contributed by atoms with E-state index >= 15 is 0 Å². The molecule has 27 heavy (non-hydrogen) atoms. The molecule has 0 spiro atoms. The van der Waals surface area contributed by atoms with Gasteiger partial charge < -0.3 is 5.32 Å². The molecule has 0 aliphatic heterocycles. The van der Waals surface area contributed by atoms with Gasteiger partial charge in [-0.1, -0.05) is 6.07 Å². The number of aromatic nitrogens is 3. The van der Waals surface area contributed by atoms with Gasteiger partial charge in [0.25, 0.3) is 0 Å². The smallest absolute Gasteiger partial charge is 0.224 e. The Balaban J connectivity index is 1.49. The number of nitrogens with zero attached hydrogens (tertiary/aromatic N) is 3. The molecule has 5 nitrogen and oxygen atoms in total. The van der Waals surface area contributed by atoms with Gasteiger partial charge in [-0.25, -0.2) is 0 Å². The number of nitrogens with one attached hydrogen (secondary N) is 1. The molecule has 1 amide bonds. The molecule has 1 N–H and O–H groups in total. The van der Waals surface area contributed by atoms with E-state index in [-0.39, 0.29) is 5.91 Å². The maximum Gasteiger partial charge on any atom is 0.224 e. The van der Waals surface area contributed by atoms with Gasteiger partial charge in [-0.2, -0.15) is 5.10 Å². The minimum Gasteiger partial charge on any atom is -0.326 e. The predicted octanol–water partition coefficient (Wildman–Crippen LogP) is 4.30. The number of thioether (sulfide) groups is 1. The summed E-state index contributed by atoms with van der Waals surface area (Å²) >= 11 is 1.75. The zero-order chi connectivity index (χ0) is 19.2. The van der Waals surface area contributed by atoms with Gasteiger partial charge in [-0.05, 0) is 61.7 Å². The van der Waals surface area contributed by atoms with E-state index < -0.39 is 0 Å². The summed E-state index contributed by atoms with van der Waals surface area (Å²) < 4.78 is 1.87. The number of hydrogen-bond donors (Lipinski definition) is 1. The number of rotatable bonds is 7. The molecule has 3 aromatic rings. The van der Waals surface area contributed by atoms with Gasteiger partial charge in [0.2, 0.25) is 5.91 Å². The Hall–Kier alpha value is -2.60. The lowest BCUT2D eigenvalue weighted by atomic mass is 10.1. The number of carbonyl (C=O) groups excluding carboxylic acids is 1. The summed E-state index contributed by atoms with van der Waals surface area (Å²) in [5.74, 6) is 0.900. The molecule has 0 aliphatic carbocycles. The van der Waals surface area contributed by atoms with Gasteiger partial charge in [-0.3, -0.25) is 14.5 Å². The highest BCUT2D eigenvalue weighted by molar-refractivity contribution is 7.98. The van der Waals surface area contributed by atoms with Gasteiger partial charge in [0, 0.05) is 47.9 Å². The van der Waals surface area contributed by atoms with Crippen molar-refractivity contribution in [2.45, 2.75) is 37.3 Å². The highest BCUT2D eigenvalue weighted by atomic mass is 32.2. The molecule has 0 radical (unpaired) electrons. The van der Waals surface area contributed by atoms with Crippen LogP contribution in [-0.4, -0.2) is 20.7 Å². The van der Waals surface area contributed by atoms with E-state index in [1.807, 2.05) is 62.1 Å². The molecule has 0 unspecified atom stereocenters. The molecular weight excluding hydrogens is 356 g/mol. The molecule has 0 saturated heterocycles. The Morgan fingerprint density at radius 1 is 1.19 bits per heavy atom. The Morgan fingerprint density at radius 3 is 2.59 bits per heavy atom. The summed E-state index contributed by atoms with van der Waals surface area (Å²) in [5, 5.41) is 7.37. The second kappa shape index (κ2) is 8.86. The largest absolute Gasteiger partial charge is 0.326 e. The lowest BCUT2D eigenvalue weighted by Gasteiger charge is -2.07. The molecule has 0 bridgehead atoms. The van der Waals surface area contributed by atoms with Crippen molar-refractivity contribution >= 4 is 23.4 Å². The second-order valence-corrected chi connectivity index (χ2v) is 7.54. The maximum atomic E-state index is 12.3. The van der Waals surface area contributed by atoms with Crippen LogP contribution in [0.3, 0.4) is 0 Å². The van der Waals surface area contributed by atoms with Crippen LogP contribution in [0.15, 0.2) is 53.7 Å². The first-order valence-corrected chi connectivity index (χ1v) is 9.92. The Morgan fingerprint density at radius 2 is 1.96 bits per heavy atom. The first-order valence-electron chi connectivity index (χ1n) is 8.93. The molecule has 6 heteroatoms. The topological polar surface area (TPSA) is 59.8 Å². The lowest BCUT2D eigenvalue weighted by Crippen LogP contribution is -2.12. The Bertz CT molecular complexity index is 904. The van der Waals surface area contributed by atoms with Crippen molar-refractivity contribution in [3.63, 3.8) is 0 Å². The van der Waals surface area contributed by atoms with Gasteiger partial charge in [0.1, 0.15) is 0 Å². The first-order chi connectivity index (χ1) is 13.0. The van der Waals surface area contributed by atoms with Crippen LogP contribution >= 0.6 is 11.8 Å². The highest BCUT2D eigenvalue weighted by Crippen LogP contribution is 2.24. The van der Waals surface area contributed by atoms with Crippen LogP contribution < -0.4 is 5.32 Å². The van der Waals surface area contributed by atoms with Crippen molar-refractivity contribution in [3.8, 4) is 0 Å². The monoisotopic (exact) mass is 380 g/mol. The van der Waals surface area contributed by atoms with Crippen molar-refractivity contribution in [1.29, 1.82) is 0 Å². The van der Waals surface area contributed by atoms with Crippen LogP contribution in [0.25, 0.3) is 0 Å². The van der Waals surface area contributed by atoms with E-state index in [1.165, 1.54) is 10.5 Å². The summed E-state index contributed by atoms with van der Waals surface area (Å²) in [6.07, 6.45) is 4.82. The van der Waals surface area contributed by atoms with Crippen molar-refractivity contribution in [3.05, 3.63) is 71.3 Å². The molecule has 0 saturated carbocycles. The summed E-state index contributed by atoms with van der Waals surface area (Å²) in [6.45, 7) is 4.03. The van der Waals surface area contributed by atoms with Gasteiger partial charge in [-0.15, -0.1) is 11.8 Å². The van der Waals surface area contributed by atoms with E-state index in [0.717, 1.165) is 28.4 Å². The summed E-state index contributed by atoms with van der Waals surface area (Å²) in [4.78, 5) is 17.6. The highest BCUT2D eigenvalue weighted by Gasteiger charge is 2.11. The number of aryl methyl sites for hydroxylation is 2. The number of pyridine rings is 1. The molecule has 2 aromatic heterocycles. The third-order valence-corrected chi connectivity index (χ3v) is 5.61. The zero-order valence-corrected chi connectivity index (χ0v) is 16.7. The number of hydrogen-bond acceptors (Lipinski definition) is 4. The first kappa shape index (κ1) is 19.2. The van der Waals surface area contributed by atoms with Crippen LogP contribution in [-0.2, 0) is 24.0 Å². The summed E-state index contributed by atoms with van der Waals surface area (Å²) in [5.41, 5.74) is 5.30. The standard InChI is InChI=1S/C21H24N4OS/c1-15-20(16(2)25(3)24-15)10-11-21(26)23-18-6-8-19(9-7-18)27-14-17-5-4-12-22-13-17/h4-9,12-13H,10-11,14H2,1-3H3,(H,23,26). The fourth-order valence-corrected chi connectivity index (χ4v) is 3.76. The van der Waals surface area contributed by atoms with Crippen molar-refractivity contribution < 1.29 is 4.79 Å². The van der Waals surface area contributed by atoms with Crippen LogP contribution in [0.1, 0.15) is 28.9 Å². The number of amides is 1. The van der Waals surface area contributed by atoms with E-state index in [2.05, 4.69) is 21.5 Å². The predicted molar refractivity (Wildman–Crippen MR) is 110 cm³/mol. The number of carbonyl (C=O) groups is 1. The summed E-state index contributed by atoms with van der Waals surface area (Å²) in [7, 11) is 1.93. The average Bonchev–Trinajstić information content (AvgIpc) is 2.92. The van der Waals surface area contributed by atoms with E-state index in [4.69, 9.17) is 0 Å². The number of benzene rings is 1. The minimum absolute atomic E-state index is 0.0217. The quantitative estimate of drug-likeness (QED) is 0.621. The zero-order valence-electron chi connectivity index (χ0n) is 15.9. The molecule has 0 atom stereocenters. The van der Waals surface area contributed by atoms with Crippen LogP contribution in [0.4, 0.5) is 5.69 Å².